The van der Waals surface area contributed by atoms with Crippen molar-refractivity contribution >= 4 is 34.8 Å². The van der Waals surface area contributed by atoms with Gasteiger partial charge in [-0.1, -0.05) is 89.4 Å². The predicted octanol–water partition coefficient (Wildman–Crippen LogP) is 6.66. The largest absolute Gasteiger partial charge is 0.346 e. The predicted molar refractivity (Wildman–Crippen MR) is 134 cm³/mol. The molecule has 188 valence electrons. The van der Waals surface area contributed by atoms with Gasteiger partial charge < -0.3 is 28.4 Å². The van der Waals surface area contributed by atoms with Crippen LogP contribution in [0.1, 0.15) is 35.6 Å². The third kappa shape index (κ3) is 4.78. The lowest BCUT2D eigenvalue weighted by Gasteiger charge is -2.47. The van der Waals surface area contributed by atoms with Crippen LogP contribution in [0.15, 0.2) is 72.8 Å². The molecule has 3 heterocycles. The van der Waals surface area contributed by atoms with Crippen molar-refractivity contribution in [2.45, 2.75) is 43.3 Å². The van der Waals surface area contributed by atoms with Gasteiger partial charge in [-0.15, -0.1) is 0 Å². The Labute approximate surface area is 223 Å². The summed E-state index contributed by atoms with van der Waals surface area (Å²) in [7, 11) is 0. The second-order valence-corrected chi connectivity index (χ2v) is 10.00. The summed E-state index contributed by atoms with van der Waals surface area (Å²) in [5.41, 5.74) is 2.22. The molecule has 3 aromatic rings. The van der Waals surface area contributed by atoms with E-state index >= 15 is 0 Å². The number of rotatable bonds is 4. The third-order valence-corrected chi connectivity index (χ3v) is 7.55. The zero-order chi connectivity index (χ0) is 24.6. The standard InChI is InChI=1S/C27H23Cl3O6/c28-18-10-4-1-7-15(18)25-31-13-21(33-25)24-23-22(34-27(36-24)17-9-3-6-12-20(17)30)14-32-26(35-23)16-8-2-5-11-19(16)29/h1-12,21-27H,13-14H2/t21-,22+,23+,24+,25?,26?,27?/m0/s1. The smallest absolute Gasteiger partial charge is 0.186 e. The maximum Gasteiger partial charge on any atom is 0.186 e. The molecule has 0 bridgehead atoms. The average molecular weight is 550 g/mol. The molecule has 0 aromatic heterocycles. The topological polar surface area (TPSA) is 55.4 Å². The summed E-state index contributed by atoms with van der Waals surface area (Å²) in [6, 6.07) is 22.3. The Kier molecular flexibility index (Phi) is 7.23. The van der Waals surface area contributed by atoms with E-state index in [1.165, 1.54) is 0 Å². The molecule has 3 aliphatic heterocycles. The monoisotopic (exact) mass is 548 g/mol. The zero-order valence-electron chi connectivity index (χ0n) is 19.0. The van der Waals surface area contributed by atoms with Crippen LogP contribution in [0.2, 0.25) is 15.1 Å². The molecule has 9 heteroatoms. The van der Waals surface area contributed by atoms with E-state index in [-0.39, 0.29) is 6.61 Å². The fourth-order valence-corrected chi connectivity index (χ4v) is 5.40. The van der Waals surface area contributed by atoms with Gasteiger partial charge in [0.05, 0.1) is 13.2 Å². The normalized spacial score (nSPS) is 32.2. The molecule has 0 amide bonds. The minimum Gasteiger partial charge on any atom is -0.346 e. The molecule has 0 spiro atoms. The summed E-state index contributed by atoms with van der Waals surface area (Å²) in [6.07, 6.45) is -3.93. The molecule has 7 atom stereocenters. The van der Waals surface area contributed by atoms with E-state index in [4.69, 9.17) is 63.2 Å². The SMILES string of the molecule is Clc1ccccc1C1OC[C@H]2OC(c3ccccc3Cl)O[C@H]([C@@H]3COC(c4ccccc4Cl)O3)[C@@H]2O1. The van der Waals surface area contributed by atoms with Gasteiger partial charge in [-0.3, -0.25) is 0 Å². The van der Waals surface area contributed by atoms with Crippen LogP contribution in [0.3, 0.4) is 0 Å². The van der Waals surface area contributed by atoms with Gasteiger partial charge in [0.1, 0.15) is 24.4 Å². The molecule has 0 N–H and O–H groups in total. The van der Waals surface area contributed by atoms with E-state index in [1.54, 1.807) is 18.2 Å². The van der Waals surface area contributed by atoms with Crippen molar-refractivity contribution in [3.63, 3.8) is 0 Å². The number of halogens is 3. The molecule has 3 fully saturated rings. The van der Waals surface area contributed by atoms with Crippen LogP contribution >= 0.6 is 34.8 Å². The molecule has 6 nitrogen and oxygen atoms in total. The molecule has 3 aromatic carbocycles. The van der Waals surface area contributed by atoms with E-state index in [0.29, 0.717) is 21.7 Å². The van der Waals surface area contributed by atoms with Crippen LogP contribution in [-0.2, 0) is 28.4 Å². The summed E-state index contributed by atoms with van der Waals surface area (Å²) < 4.78 is 37.5. The molecular formula is C27H23Cl3O6. The lowest BCUT2D eigenvalue weighted by molar-refractivity contribution is -0.373. The molecule has 36 heavy (non-hydrogen) atoms. The summed E-state index contributed by atoms with van der Waals surface area (Å²) in [6.45, 7) is 0.572. The van der Waals surface area contributed by atoms with Crippen LogP contribution in [0.4, 0.5) is 0 Å². The van der Waals surface area contributed by atoms with E-state index in [1.807, 2.05) is 54.6 Å². The molecule has 0 aliphatic carbocycles. The van der Waals surface area contributed by atoms with E-state index in [0.717, 1.165) is 16.7 Å². The third-order valence-electron chi connectivity index (χ3n) is 6.52. The summed E-state index contributed by atoms with van der Waals surface area (Å²) in [4.78, 5) is 0. The van der Waals surface area contributed by atoms with Gasteiger partial charge in [0.25, 0.3) is 0 Å². The first-order chi connectivity index (χ1) is 17.6. The van der Waals surface area contributed by atoms with Crippen molar-refractivity contribution in [1.29, 1.82) is 0 Å². The molecular weight excluding hydrogens is 527 g/mol. The highest BCUT2D eigenvalue weighted by Gasteiger charge is 2.51. The lowest BCUT2D eigenvalue weighted by Crippen LogP contribution is -2.58. The number of fused-ring (bicyclic) bond motifs is 1. The average Bonchev–Trinajstić information content (AvgIpc) is 3.38. The van der Waals surface area contributed by atoms with Gasteiger partial charge in [0, 0.05) is 31.8 Å². The first-order valence-corrected chi connectivity index (χ1v) is 12.8. The van der Waals surface area contributed by atoms with Gasteiger partial charge in [-0.25, -0.2) is 0 Å². The van der Waals surface area contributed by atoms with Crippen molar-refractivity contribution < 1.29 is 28.4 Å². The van der Waals surface area contributed by atoms with Crippen LogP contribution in [-0.4, -0.2) is 37.6 Å². The van der Waals surface area contributed by atoms with Gasteiger partial charge in [-0.2, -0.15) is 0 Å². The number of hydrogen-bond acceptors (Lipinski definition) is 6. The van der Waals surface area contributed by atoms with Gasteiger partial charge in [0.15, 0.2) is 18.9 Å². The molecule has 6 rings (SSSR count). The summed E-state index contributed by atoms with van der Waals surface area (Å²) in [5.74, 6) is 0. The van der Waals surface area contributed by atoms with Crippen molar-refractivity contribution in [2.24, 2.45) is 0 Å². The van der Waals surface area contributed by atoms with E-state index < -0.39 is 43.3 Å². The van der Waals surface area contributed by atoms with Gasteiger partial charge in [-0.05, 0) is 18.2 Å². The summed E-state index contributed by atoms with van der Waals surface area (Å²) >= 11 is 19.3. The Morgan fingerprint density at radius 1 is 0.472 bits per heavy atom. The Morgan fingerprint density at radius 2 is 0.833 bits per heavy atom. The van der Waals surface area contributed by atoms with Crippen LogP contribution in [0, 0.1) is 0 Å². The fraction of sp³-hybridized carbons (Fsp3) is 0.333. The Morgan fingerprint density at radius 3 is 1.31 bits per heavy atom. The van der Waals surface area contributed by atoms with E-state index in [2.05, 4.69) is 0 Å². The molecule has 0 saturated carbocycles. The Bertz CT molecular complexity index is 1230. The van der Waals surface area contributed by atoms with Crippen molar-refractivity contribution in [2.75, 3.05) is 13.2 Å². The lowest BCUT2D eigenvalue weighted by atomic mass is 9.99. The van der Waals surface area contributed by atoms with Gasteiger partial charge >= 0.3 is 0 Å². The number of hydrogen-bond donors (Lipinski definition) is 0. The highest BCUT2D eigenvalue weighted by Crippen LogP contribution is 2.44. The first kappa shape index (κ1) is 24.6. The highest BCUT2D eigenvalue weighted by molar-refractivity contribution is 6.32. The second kappa shape index (κ2) is 10.6. The van der Waals surface area contributed by atoms with Crippen LogP contribution in [0.25, 0.3) is 0 Å². The number of ether oxygens (including phenoxy) is 6. The second-order valence-electron chi connectivity index (χ2n) is 8.78. The highest BCUT2D eigenvalue weighted by atomic mass is 35.5. The zero-order valence-corrected chi connectivity index (χ0v) is 21.2. The van der Waals surface area contributed by atoms with Crippen LogP contribution < -0.4 is 0 Å². The summed E-state index contributed by atoms with van der Waals surface area (Å²) in [5, 5.41) is 1.68. The van der Waals surface area contributed by atoms with Crippen LogP contribution in [0.5, 0.6) is 0 Å². The van der Waals surface area contributed by atoms with Crippen molar-refractivity contribution in [3.8, 4) is 0 Å². The Balaban J connectivity index is 1.29. The Hall–Kier alpha value is -1.71. The van der Waals surface area contributed by atoms with Gasteiger partial charge in [0.2, 0.25) is 0 Å². The van der Waals surface area contributed by atoms with E-state index in [9.17, 15) is 0 Å². The molecule has 3 unspecified atom stereocenters. The minimum atomic E-state index is -0.725. The minimum absolute atomic E-state index is 0.281. The maximum absolute atomic E-state index is 6.48. The van der Waals surface area contributed by atoms with Crippen molar-refractivity contribution in [3.05, 3.63) is 105 Å². The molecule has 3 aliphatic rings. The number of benzene rings is 3. The quantitative estimate of drug-likeness (QED) is 0.363. The molecule has 3 saturated heterocycles. The fourth-order valence-electron chi connectivity index (χ4n) is 4.73. The van der Waals surface area contributed by atoms with Crippen molar-refractivity contribution in [1.82, 2.24) is 0 Å². The maximum atomic E-state index is 6.48. The molecule has 0 radical (unpaired) electrons. The first-order valence-electron chi connectivity index (χ1n) is 11.7.